The molecule has 2 aromatic rings. The Hall–Kier alpha value is -1.96. The van der Waals surface area contributed by atoms with Gasteiger partial charge in [0.15, 0.2) is 5.11 Å². The van der Waals surface area contributed by atoms with Crippen LogP contribution >= 0.6 is 12.2 Å². The summed E-state index contributed by atoms with van der Waals surface area (Å²) in [6.07, 6.45) is 0.914. The van der Waals surface area contributed by atoms with Crippen molar-refractivity contribution >= 4 is 27.4 Å². The third-order valence-electron chi connectivity index (χ3n) is 3.82. The summed E-state index contributed by atoms with van der Waals surface area (Å²) in [5.74, 6) is 0.521. The molecule has 0 radical (unpaired) electrons. The molecular formula is C19H25N3O2S2. The maximum atomic E-state index is 12.4. The Balaban J connectivity index is 1.91. The molecule has 3 N–H and O–H groups in total. The van der Waals surface area contributed by atoms with E-state index in [-0.39, 0.29) is 16.0 Å². The molecule has 0 saturated carbocycles. The van der Waals surface area contributed by atoms with Gasteiger partial charge in [0.05, 0.1) is 10.9 Å². The van der Waals surface area contributed by atoms with Gasteiger partial charge in [-0.15, -0.1) is 4.83 Å². The second-order valence-electron chi connectivity index (χ2n) is 6.58. The first-order chi connectivity index (χ1) is 12.3. The highest BCUT2D eigenvalue weighted by Crippen LogP contribution is 2.13. The second-order valence-corrected chi connectivity index (χ2v) is 8.67. The Morgan fingerprint density at radius 3 is 2.19 bits per heavy atom. The van der Waals surface area contributed by atoms with Crippen molar-refractivity contribution < 1.29 is 8.42 Å². The lowest BCUT2D eigenvalue weighted by Gasteiger charge is -2.17. The van der Waals surface area contributed by atoms with Crippen molar-refractivity contribution in [1.29, 1.82) is 0 Å². The molecule has 0 aliphatic rings. The number of hydrogen-bond donors (Lipinski definition) is 3. The van der Waals surface area contributed by atoms with Crippen LogP contribution in [0.25, 0.3) is 0 Å². The van der Waals surface area contributed by atoms with Crippen LogP contribution in [-0.2, 0) is 16.4 Å². The van der Waals surface area contributed by atoms with Crippen LogP contribution in [-0.4, -0.2) is 13.5 Å². The van der Waals surface area contributed by atoms with Crippen LogP contribution in [0.5, 0.6) is 0 Å². The SMILES string of the molecule is CC(C)Cc1ccc(S(=O)(=O)NNC(=S)NC(C)c2ccccc2)cc1. The zero-order valence-electron chi connectivity index (χ0n) is 15.2. The van der Waals surface area contributed by atoms with Crippen LogP contribution in [0.3, 0.4) is 0 Å². The van der Waals surface area contributed by atoms with Gasteiger partial charge in [0.25, 0.3) is 10.0 Å². The van der Waals surface area contributed by atoms with Crippen molar-refractivity contribution in [2.75, 3.05) is 0 Å². The van der Waals surface area contributed by atoms with Gasteiger partial charge in [-0.2, -0.15) is 0 Å². The average Bonchev–Trinajstić information content (AvgIpc) is 2.61. The molecule has 26 heavy (non-hydrogen) atoms. The topological polar surface area (TPSA) is 70.2 Å². The number of sulfonamides is 1. The molecule has 0 fully saturated rings. The first-order valence-corrected chi connectivity index (χ1v) is 10.4. The third-order valence-corrected chi connectivity index (χ3v) is 5.31. The lowest BCUT2D eigenvalue weighted by atomic mass is 10.0. The van der Waals surface area contributed by atoms with Gasteiger partial charge < -0.3 is 5.32 Å². The summed E-state index contributed by atoms with van der Waals surface area (Å²) in [6.45, 7) is 6.20. The maximum Gasteiger partial charge on any atom is 0.257 e. The van der Waals surface area contributed by atoms with Crippen molar-refractivity contribution in [2.24, 2.45) is 5.92 Å². The van der Waals surface area contributed by atoms with Crippen LogP contribution in [0.2, 0.25) is 0 Å². The highest BCUT2D eigenvalue weighted by molar-refractivity contribution is 7.89. The monoisotopic (exact) mass is 391 g/mol. The Bertz CT molecular complexity index is 820. The van der Waals surface area contributed by atoms with E-state index in [1.54, 1.807) is 12.1 Å². The lowest BCUT2D eigenvalue weighted by Crippen LogP contribution is -2.47. The van der Waals surface area contributed by atoms with Crippen molar-refractivity contribution in [3.63, 3.8) is 0 Å². The highest BCUT2D eigenvalue weighted by Gasteiger charge is 2.15. The van der Waals surface area contributed by atoms with Gasteiger partial charge >= 0.3 is 0 Å². The minimum absolute atomic E-state index is 0.0454. The van der Waals surface area contributed by atoms with Crippen molar-refractivity contribution in [3.8, 4) is 0 Å². The summed E-state index contributed by atoms with van der Waals surface area (Å²) in [7, 11) is -3.69. The summed E-state index contributed by atoms with van der Waals surface area (Å²) in [6, 6.07) is 16.6. The fraction of sp³-hybridized carbons (Fsp3) is 0.316. The third kappa shape index (κ3) is 6.09. The Kier molecular flexibility index (Phi) is 7.14. The van der Waals surface area contributed by atoms with Crippen LogP contribution in [0.1, 0.15) is 37.9 Å². The van der Waals surface area contributed by atoms with E-state index in [1.165, 1.54) is 0 Å². The molecule has 0 saturated heterocycles. The fourth-order valence-electron chi connectivity index (χ4n) is 2.51. The number of hydrogen-bond acceptors (Lipinski definition) is 3. The van der Waals surface area contributed by atoms with Crippen LogP contribution in [0.15, 0.2) is 59.5 Å². The molecule has 5 nitrogen and oxygen atoms in total. The minimum Gasteiger partial charge on any atom is -0.355 e. The molecule has 0 aromatic heterocycles. The van der Waals surface area contributed by atoms with E-state index in [0.29, 0.717) is 5.92 Å². The second kappa shape index (κ2) is 9.12. The Labute approximate surface area is 161 Å². The van der Waals surface area contributed by atoms with Gasteiger partial charge in [0, 0.05) is 0 Å². The molecular weight excluding hydrogens is 366 g/mol. The van der Waals surface area contributed by atoms with Crippen LogP contribution in [0, 0.1) is 5.92 Å². The molecule has 140 valence electrons. The van der Waals surface area contributed by atoms with Gasteiger partial charge in [-0.05, 0) is 54.7 Å². The quantitative estimate of drug-likeness (QED) is 0.499. The molecule has 2 aromatic carbocycles. The zero-order chi connectivity index (χ0) is 19.2. The molecule has 1 unspecified atom stereocenters. The fourth-order valence-corrected chi connectivity index (χ4v) is 3.65. The van der Waals surface area contributed by atoms with E-state index in [2.05, 4.69) is 29.4 Å². The van der Waals surface area contributed by atoms with Crippen molar-refractivity contribution in [2.45, 2.75) is 38.1 Å². The molecule has 0 aliphatic heterocycles. The Morgan fingerprint density at radius 2 is 1.62 bits per heavy atom. The predicted molar refractivity (Wildman–Crippen MR) is 109 cm³/mol. The van der Waals surface area contributed by atoms with Crippen LogP contribution < -0.4 is 15.6 Å². The van der Waals surface area contributed by atoms with Gasteiger partial charge in [0.1, 0.15) is 0 Å². The Morgan fingerprint density at radius 1 is 1.00 bits per heavy atom. The molecule has 0 aliphatic carbocycles. The van der Waals surface area contributed by atoms with Gasteiger partial charge in [-0.3, -0.25) is 5.43 Å². The van der Waals surface area contributed by atoms with E-state index in [0.717, 1.165) is 17.5 Å². The molecule has 0 amide bonds. The molecule has 2 rings (SSSR count). The standard InChI is InChI=1S/C19H25N3O2S2/c1-14(2)13-16-9-11-18(12-10-16)26(23,24)22-21-19(25)20-15(3)17-7-5-4-6-8-17/h4-12,14-15,22H,13H2,1-3H3,(H2,20,21,25). The predicted octanol–water partition coefficient (Wildman–Crippen LogP) is 3.30. The molecule has 0 bridgehead atoms. The number of nitrogens with one attached hydrogen (secondary N) is 3. The number of thiocarbonyl (C=S) groups is 1. The summed E-state index contributed by atoms with van der Waals surface area (Å²) in [5.41, 5.74) is 4.72. The number of benzene rings is 2. The van der Waals surface area contributed by atoms with E-state index >= 15 is 0 Å². The zero-order valence-corrected chi connectivity index (χ0v) is 16.8. The average molecular weight is 392 g/mol. The lowest BCUT2D eigenvalue weighted by molar-refractivity contribution is 0.574. The first kappa shape index (κ1) is 20.4. The van der Waals surface area contributed by atoms with Crippen molar-refractivity contribution in [1.82, 2.24) is 15.6 Å². The normalized spacial score (nSPS) is 12.6. The van der Waals surface area contributed by atoms with Crippen molar-refractivity contribution in [3.05, 3.63) is 65.7 Å². The highest BCUT2D eigenvalue weighted by atomic mass is 32.2. The molecule has 0 heterocycles. The largest absolute Gasteiger partial charge is 0.355 e. The molecule has 0 spiro atoms. The molecule has 1 atom stereocenters. The minimum atomic E-state index is -3.69. The number of rotatable bonds is 7. The number of hydrazine groups is 1. The summed E-state index contributed by atoms with van der Waals surface area (Å²) >= 11 is 5.17. The molecule has 7 heteroatoms. The van der Waals surface area contributed by atoms with E-state index in [4.69, 9.17) is 12.2 Å². The maximum absolute atomic E-state index is 12.4. The van der Waals surface area contributed by atoms with Gasteiger partial charge in [-0.1, -0.05) is 56.3 Å². The summed E-state index contributed by atoms with van der Waals surface area (Å²) < 4.78 is 24.7. The van der Waals surface area contributed by atoms with Gasteiger partial charge in [-0.25, -0.2) is 8.42 Å². The summed E-state index contributed by atoms with van der Waals surface area (Å²) in [4.78, 5) is 2.50. The summed E-state index contributed by atoms with van der Waals surface area (Å²) in [5, 5.41) is 3.25. The smallest absolute Gasteiger partial charge is 0.257 e. The van der Waals surface area contributed by atoms with Crippen LogP contribution in [0.4, 0.5) is 0 Å². The van der Waals surface area contributed by atoms with E-state index in [1.807, 2.05) is 49.4 Å². The van der Waals surface area contributed by atoms with E-state index < -0.39 is 10.0 Å². The first-order valence-electron chi connectivity index (χ1n) is 8.50. The van der Waals surface area contributed by atoms with Gasteiger partial charge in [0.2, 0.25) is 0 Å². The van der Waals surface area contributed by atoms with E-state index in [9.17, 15) is 8.42 Å².